The van der Waals surface area contributed by atoms with Crippen molar-refractivity contribution in [2.24, 2.45) is 0 Å². The first-order valence-corrected chi connectivity index (χ1v) is 6.44. The Labute approximate surface area is 114 Å². The van der Waals surface area contributed by atoms with Crippen molar-refractivity contribution in [3.63, 3.8) is 0 Å². The fourth-order valence-electron chi connectivity index (χ4n) is 2.02. The van der Waals surface area contributed by atoms with Gasteiger partial charge in [-0.25, -0.2) is 0 Å². The first kappa shape index (κ1) is 13.3. The second-order valence-electron chi connectivity index (χ2n) is 4.56. The number of methoxy groups -OCH3 is 1. The number of carbonyl (C=O) groups is 1. The highest BCUT2D eigenvalue weighted by Gasteiger charge is 2.10. The van der Waals surface area contributed by atoms with Crippen LogP contribution in [0.4, 0.5) is 0 Å². The third-order valence-electron chi connectivity index (χ3n) is 3.29. The van der Waals surface area contributed by atoms with Crippen LogP contribution in [0.2, 0.25) is 0 Å². The minimum Gasteiger partial charge on any atom is -0.496 e. The molecule has 2 rings (SSSR count). The largest absolute Gasteiger partial charge is 0.496 e. The van der Waals surface area contributed by atoms with E-state index in [4.69, 9.17) is 4.74 Å². The van der Waals surface area contributed by atoms with Crippen LogP contribution >= 0.6 is 0 Å². The van der Waals surface area contributed by atoms with Crippen LogP contribution in [0, 0.1) is 6.92 Å². The van der Waals surface area contributed by atoms with E-state index in [1.165, 1.54) is 5.56 Å². The summed E-state index contributed by atoms with van der Waals surface area (Å²) in [6, 6.07) is 13.3. The Morgan fingerprint density at radius 1 is 1.05 bits per heavy atom. The van der Waals surface area contributed by atoms with Gasteiger partial charge in [0.25, 0.3) is 0 Å². The van der Waals surface area contributed by atoms with Gasteiger partial charge >= 0.3 is 0 Å². The van der Waals surface area contributed by atoms with E-state index in [0.29, 0.717) is 11.1 Å². The number of ketones is 1. The molecule has 0 bridgehead atoms. The Morgan fingerprint density at radius 3 is 2.26 bits per heavy atom. The van der Waals surface area contributed by atoms with E-state index >= 15 is 0 Å². The van der Waals surface area contributed by atoms with Gasteiger partial charge in [-0.05, 0) is 30.5 Å². The van der Waals surface area contributed by atoms with E-state index in [0.717, 1.165) is 17.7 Å². The van der Waals surface area contributed by atoms with Crippen LogP contribution in [-0.2, 0) is 6.42 Å². The summed E-state index contributed by atoms with van der Waals surface area (Å²) < 4.78 is 5.26. The van der Waals surface area contributed by atoms with Gasteiger partial charge in [0.15, 0.2) is 5.78 Å². The van der Waals surface area contributed by atoms with Crippen molar-refractivity contribution in [2.75, 3.05) is 7.11 Å². The fourth-order valence-corrected chi connectivity index (χ4v) is 2.02. The highest BCUT2D eigenvalue weighted by molar-refractivity contribution is 6.09. The summed E-state index contributed by atoms with van der Waals surface area (Å²) in [7, 11) is 1.62. The zero-order chi connectivity index (χ0) is 13.8. The van der Waals surface area contributed by atoms with Crippen LogP contribution in [0.25, 0.3) is 0 Å². The Kier molecular flexibility index (Phi) is 4.00. The smallest absolute Gasteiger partial charge is 0.193 e. The molecular weight excluding hydrogens is 236 g/mol. The molecule has 0 saturated carbocycles. The second kappa shape index (κ2) is 5.70. The van der Waals surface area contributed by atoms with Crippen molar-refractivity contribution < 1.29 is 9.53 Å². The summed E-state index contributed by atoms with van der Waals surface area (Å²) in [5.74, 6) is 0.775. The van der Waals surface area contributed by atoms with Crippen LogP contribution in [0.15, 0.2) is 42.5 Å². The molecule has 0 atom stereocenters. The zero-order valence-corrected chi connectivity index (χ0v) is 11.6. The average Bonchev–Trinajstić information content (AvgIpc) is 2.47. The van der Waals surface area contributed by atoms with E-state index in [2.05, 4.69) is 6.92 Å². The number of aryl methyl sites for hydroxylation is 2. The molecule has 0 saturated heterocycles. The predicted molar refractivity (Wildman–Crippen MR) is 77.0 cm³/mol. The quantitative estimate of drug-likeness (QED) is 0.776. The number of rotatable bonds is 4. The normalized spacial score (nSPS) is 10.3. The maximum absolute atomic E-state index is 12.4. The number of ether oxygens (including phenoxy) is 1. The van der Waals surface area contributed by atoms with Crippen LogP contribution in [0.5, 0.6) is 5.75 Å². The lowest BCUT2D eigenvalue weighted by Gasteiger charge is -2.07. The molecule has 0 spiro atoms. The van der Waals surface area contributed by atoms with Crippen molar-refractivity contribution in [3.8, 4) is 5.75 Å². The van der Waals surface area contributed by atoms with Gasteiger partial charge in [0.05, 0.1) is 7.11 Å². The lowest BCUT2D eigenvalue weighted by atomic mass is 10.00. The molecule has 0 radical (unpaired) electrons. The first-order valence-electron chi connectivity index (χ1n) is 6.44. The molecule has 2 aromatic carbocycles. The first-order chi connectivity index (χ1) is 9.15. The van der Waals surface area contributed by atoms with Crippen LogP contribution in [0.3, 0.4) is 0 Å². The van der Waals surface area contributed by atoms with E-state index < -0.39 is 0 Å². The van der Waals surface area contributed by atoms with E-state index in [1.54, 1.807) is 13.2 Å². The van der Waals surface area contributed by atoms with Crippen molar-refractivity contribution in [1.82, 2.24) is 0 Å². The molecule has 0 amide bonds. The Bertz CT molecular complexity index is 583. The van der Waals surface area contributed by atoms with Gasteiger partial charge in [-0.2, -0.15) is 0 Å². The zero-order valence-electron chi connectivity index (χ0n) is 11.6. The minimum absolute atomic E-state index is 0.0287. The summed E-state index contributed by atoms with van der Waals surface area (Å²) >= 11 is 0. The van der Waals surface area contributed by atoms with E-state index in [-0.39, 0.29) is 5.78 Å². The monoisotopic (exact) mass is 254 g/mol. The molecule has 2 heteroatoms. The third kappa shape index (κ3) is 2.84. The van der Waals surface area contributed by atoms with Crippen LogP contribution < -0.4 is 4.74 Å². The summed E-state index contributed by atoms with van der Waals surface area (Å²) in [6.45, 7) is 4.06. The Morgan fingerprint density at radius 2 is 1.68 bits per heavy atom. The summed E-state index contributed by atoms with van der Waals surface area (Å²) in [5.41, 5.74) is 3.63. The number of carbonyl (C=O) groups excluding carboxylic acids is 1. The molecule has 0 aliphatic carbocycles. The van der Waals surface area contributed by atoms with Gasteiger partial charge < -0.3 is 4.74 Å². The summed E-state index contributed by atoms with van der Waals surface area (Å²) in [4.78, 5) is 12.4. The van der Waals surface area contributed by atoms with Crippen molar-refractivity contribution >= 4 is 5.78 Å². The van der Waals surface area contributed by atoms with E-state index in [1.807, 2.05) is 43.3 Å². The topological polar surface area (TPSA) is 26.3 Å². The highest BCUT2D eigenvalue weighted by atomic mass is 16.5. The molecule has 0 aliphatic rings. The molecular formula is C17H18O2. The predicted octanol–water partition coefficient (Wildman–Crippen LogP) is 3.80. The molecule has 0 unspecified atom stereocenters. The Balaban J connectivity index is 2.32. The van der Waals surface area contributed by atoms with E-state index in [9.17, 15) is 4.79 Å². The van der Waals surface area contributed by atoms with Gasteiger partial charge in [-0.3, -0.25) is 4.79 Å². The standard InChI is InChI=1S/C17H18O2/c1-4-13-6-9-14(10-7-13)17(18)15-8-5-12(2)16(11-15)19-3/h5-11H,4H2,1-3H3. The minimum atomic E-state index is 0.0287. The summed E-state index contributed by atoms with van der Waals surface area (Å²) in [5, 5.41) is 0. The van der Waals surface area contributed by atoms with Crippen molar-refractivity contribution in [2.45, 2.75) is 20.3 Å². The van der Waals surface area contributed by atoms with Gasteiger partial charge in [0, 0.05) is 11.1 Å². The maximum atomic E-state index is 12.4. The van der Waals surface area contributed by atoms with Gasteiger partial charge in [-0.1, -0.05) is 43.3 Å². The number of hydrogen-bond acceptors (Lipinski definition) is 2. The number of hydrogen-bond donors (Lipinski definition) is 0. The maximum Gasteiger partial charge on any atom is 0.193 e. The van der Waals surface area contributed by atoms with Crippen molar-refractivity contribution in [3.05, 3.63) is 64.7 Å². The molecule has 0 aliphatic heterocycles. The lowest BCUT2D eigenvalue weighted by Crippen LogP contribution is -2.02. The molecule has 19 heavy (non-hydrogen) atoms. The number of benzene rings is 2. The Hall–Kier alpha value is -2.09. The lowest BCUT2D eigenvalue weighted by molar-refractivity contribution is 0.103. The second-order valence-corrected chi connectivity index (χ2v) is 4.56. The highest BCUT2D eigenvalue weighted by Crippen LogP contribution is 2.21. The van der Waals surface area contributed by atoms with Gasteiger partial charge in [0.2, 0.25) is 0 Å². The van der Waals surface area contributed by atoms with Gasteiger partial charge in [0.1, 0.15) is 5.75 Å². The van der Waals surface area contributed by atoms with Crippen molar-refractivity contribution in [1.29, 1.82) is 0 Å². The summed E-state index contributed by atoms with van der Waals surface area (Å²) in [6.07, 6.45) is 0.979. The molecule has 0 heterocycles. The van der Waals surface area contributed by atoms with Crippen LogP contribution in [0.1, 0.15) is 34.0 Å². The SMILES string of the molecule is CCc1ccc(C(=O)c2ccc(C)c(OC)c2)cc1. The third-order valence-corrected chi connectivity index (χ3v) is 3.29. The average molecular weight is 254 g/mol. The fraction of sp³-hybridized carbons (Fsp3) is 0.235. The molecule has 2 aromatic rings. The van der Waals surface area contributed by atoms with Crippen LogP contribution in [-0.4, -0.2) is 12.9 Å². The molecule has 98 valence electrons. The molecule has 0 N–H and O–H groups in total. The molecule has 2 nitrogen and oxygen atoms in total. The molecule has 0 aromatic heterocycles. The van der Waals surface area contributed by atoms with Gasteiger partial charge in [-0.15, -0.1) is 0 Å². The molecule has 0 fully saturated rings.